The fourth-order valence-corrected chi connectivity index (χ4v) is 3.42. The molecule has 0 unspecified atom stereocenters. The third kappa shape index (κ3) is 4.95. The summed E-state index contributed by atoms with van der Waals surface area (Å²) in [5, 5.41) is 9.00. The number of ether oxygens (including phenoxy) is 2. The van der Waals surface area contributed by atoms with Crippen LogP contribution in [0.4, 0.5) is 0 Å². The molecule has 0 spiro atoms. The number of pyridine rings is 1. The number of aromatic nitrogens is 1. The van der Waals surface area contributed by atoms with Crippen molar-refractivity contribution in [2.45, 2.75) is 11.8 Å². The first-order valence-electron chi connectivity index (χ1n) is 7.73. The van der Waals surface area contributed by atoms with Crippen molar-refractivity contribution in [1.29, 1.82) is 5.26 Å². The number of hydrogen-bond acceptors (Lipinski definition) is 7. The maximum absolute atomic E-state index is 12.4. The molecule has 2 rings (SSSR count). The molecule has 0 atom stereocenters. The number of rotatable bonds is 7. The van der Waals surface area contributed by atoms with Crippen LogP contribution in [0, 0.1) is 11.3 Å². The molecular weight excluding hydrogens is 394 g/mol. The van der Waals surface area contributed by atoms with Gasteiger partial charge in [-0.3, -0.25) is 9.78 Å². The number of nitriles is 1. The summed E-state index contributed by atoms with van der Waals surface area (Å²) in [6, 6.07) is 7.47. The average molecular weight is 410 g/mol. The van der Waals surface area contributed by atoms with Gasteiger partial charge in [0, 0.05) is 25.5 Å². The molecule has 0 aliphatic rings. The molecule has 2 aromatic rings. The summed E-state index contributed by atoms with van der Waals surface area (Å²) >= 11 is 6.07. The second-order valence-corrected chi connectivity index (χ2v) is 7.71. The first kappa shape index (κ1) is 20.6. The van der Waals surface area contributed by atoms with Crippen LogP contribution in [0.5, 0.6) is 11.5 Å². The largest absolute Gasteiger partial charge is 0.490 e. The Morgan fingerprint density at radius 1 is 1.41 bits per heavy atom. The van der Waals surface area contributed by atoms with Crippen molar-refractivity contribution in [2.75, 3.05) is 20.2 Å². The van der Waals surface area contributed by atoms with Gasteiger partial charge in [0.15, 0.2) is 11.5 Å². The summed E-state index contributed by atoms with van der Waals surface area (Å²) < 4.78 is 36.3. The number of benzene rings is 1. The first-order chi connectivity index (χ1) is 12.8. The Morgan fingerprint density at radius 3 is 2.74 bits per heavy atom. The van der Waals surface area contributed by atoms with Gasteiger partial charge in [-0.25, -0.2) is 8.42 Å². The Morgan fingerprint density at radius 2 is 2.15 bits per heavy atom. The Hall–Kier alpha value is -2.67. The van der Waals surface area contributed by atoms with E-state index in [1.807, 2.05) is 6.07 Å². The van der Waals surface area contributed by atoms with Gasteiger partial charge in [-0.15, -0.1) is 0 Å². The highest BCUT2D eigenvalue weighted by Crippen LogP contribution is 2.36. The quantitative estimate of drug-likeness (QED) is 0.509. The molecule has 0 N–H and O–H groups in total. The summed E-state index contributed by atoms with van der Waals surface area (Å²) in [5.41, 5.74) is 0.236. The lowest BCUT2D eigenvalue weighted by Crippen LogP contribution is -2.34. The summed E-state index contributed by atoms with van der Waals surface area (Å²) in [6.45, 7) is 1.41. The van der Waals surface area contributed by atoms with Crippen LogP contribution in [-0.2, 0) is 14.8 Å². The molecule has 0 radical (unpaired) electrons. The monoisotopic (exact) mass is 409 g/mol. The van der Waals surface area contributed by atoms with E-state index in [0.29, 0.717) is 0 Å². The lowest BCUT2D eigenvalue weighted by atomic mass is 10.2. The number of carbonyl (C=O) groups excluding carboxylic acids is 1. The molecule has 0 amide bonds. The molecule has 8 nitrogen and oxygen atoms in total. The fourth-order valence-electron chi connectivity index (χ4n) is 2.09. The minimum atomic E-state index is -3.90. The number of esters is 1. The van der Waals surface area contributed by atoms with E-state index in [-0.39, 0.29) is 33.6 Å². The zero-order valence-corrected chi connectivity index (χ0v) is 16.1. The van der Waals surface area contributed by atoms with Gasteiger partial charge in [-0.2, -0.15) is 9.57 Å². The van der Waals surface area contributed by atoms with Crippen molar-refractivity contribution in [3.63, 3.8) is 0 Å². The van der Waals surface area contributed by atoms with E-state index >= 15 is 0 Å². The molecule has 0 bridgehead atoms. The van der Waals surface area contributed by atoms with Gasteiger partial charge in [-0.1, -0.05) is 11.6 Å². The minimum absolute atomic E-state index is 0.00335. The van der Waals surface area contributed by atoms with Crippen molar-refractivity contribution in [3.05, 3.63) is 47.2 Å². The lowest BCUT2D eigenvalue weighted by molar-refractivity contribution is -0.134. The zero-order valence-electron chi connectivity index (χ0n) is 14.5. The molecule has 142 valence electrons. The van der Waals surface area contributed by atoms with Gasteiger partial charge in [0.1, 0.15) is 11.4 Å². The van der Waals surface area contributed by atoms with Crippen molar-refractivity contribution in [3.8, 4) is 17.6 Å². The second kappa shape index (κ2) is 8.81. The van der Waals surface area contributed by atoms with Crippen LogP contribution in [0.15, 0.2) is 41.6 Å². The van der Waals surface area contributed by atoms with Crippen LogP contribution in [-0.4, -0.2) is 43.9 Å². The van der Waals surface area contributed by atoms with E-state index in [1.54, 1.807) is 6.92 Å². The van der Waals surface area contributed by atoms with Crippen LogP contribution in [0.1, 0.15) is 12.5 Å². The van der Waals surface area contributed by atoms with Gasteiger partial charge in [0.2, 0.25) is 10.0 Å². The highest BCUT2D eigenvalue weighted by atomic mass is 35.5. The maximum Gasteiger partial charge on any atom is 0.326 e. The predicted molar refractivity (Wildman–Crippen MR) is 97.0 cm³/mol. The molecule has 1 aromatic heterocycles. The van der Waals surface area contributed by atoms with Crippen molar-refractivity contribution in [2.24, 2.45) is 0 Å². The molecule has 0 aliphatic carbocycles. The van der Waals surface area contributed by atoms with Crippen LogP contribution in [0.2, 0.25) is 5.02 Å². The van der Waals surface area contributed by atoms with E-state index in [2.05, 4.69) is 4.98 Å². The van der Waals surface area contributed by atoms with E-state index in [4.69, 9.17) is 26.3 Å². The van der Waals surface area contributed by atoms with E-state index in [1.165, 1.54) is 43.7 Å². The highest BCUT2D eigenvalue weighted by molar-refractivity contribution is 7.89. The molecule has 0 aliphatic heterocycles. The van der Waals surface area contributed by atoms with Crippen LogP contribution in [0.25, 0.3) is 0 Å². The Labute approximate surface area is 162 Å². The molecule has 1 aromatic carbocycles. The van der Waals surface area contributed by atoms with Crippen LogP contribution < -0.4 is 9.47 Å². The maximum atomic E-state index is 12.4. The van der Waals surface area contributed by atoms with Crippen LogP contribution >= 0.6 is 11.6 Å². The molecule has 27 heavy (non-hydrogen) atoms. The lowest BCUT2D eigenvalue weighted by Gasteiger charge is -2.17. The smallest absolute Gasteiger partial charge is 0.326 e. The topological polar surface area (TPSA) is 110 Å². The third-order valence-corrected chi connectivity index (χ3v) is 5.42. The van der Waals surface area contributed by atoms with Gasteiger partial charge in [0.05, 0.1) is 23.3 Å². The first-order valence-corrected chi connectivity index (χ1v) is 9.55. The molecule has 10 heteroatoms. The van der Waals surface area contributed by atoms with Gasteiger partial charge >= 0.3 is 5.97 Å². The molecule has 0 saturated heterocycles. The van der Waals surface area contributed by atoms with Gasteiger partial charge < -0.3 is 9.47 Å². The number of sulfonamides is 1. The number of nitrogens with zero attached hydrogens (tertiary/aromatic N) is 3. The third-order valence-electron chi connectivity index (χ3n) is 3.35. The number of carbonyl (C=O) groups is 1. The molecule has 1 heterocycles. The summed E-state index contributed by atoms with van der Waals surface area (Å²) in [5.74, 6) is -0.820. The van der Waals surface area contributed by atoms with E-state index < -0.39 is 22.5 Å². The van der Waals surface area contributed by atoms with Gasteiger partial charge in [0.25, 0.3) is 0 Å². The SMILES string of the molecule is CCOc1cc(C#N)cc(Cl)c1OC(=O)CN(C)S(=O)(=O)c1cccnc1. The molecule has 0 saturated carbocycles. The highest BCUT2D eigenvalue weighted by Gasteiger charge is 2.25. The Kier molecular flexibility index (Phi) is 6.74. The van der Waals surface area contributed by atoms with Crippen molar-refractivity contribution < 1.29 is 22.7 Å². The van der Waals surface area contributed by atoms with Gasteiger partial charge in [-0.05, 0) is 25.1 Å². The number of halogens is 1. The summed E-state index contributed by atoms with van der Waals surface area (Å²) in [7, 11) is -2.66. The average Bonchev–Trinajstić information content (AvgIpc) is 2.65. The van der Waals surface area contributed by atoms with E-state index in [9.17, 15) is 13.2 Å². The second-order valence-electron chi connectivity index (χ2n) is 5.25. The Bertz CT molecular complexity index is 974. The Balaban J connectivity index is 2.20. The predicted octanol–water partition coefficient (Wildman–Crippen LogP) is 2.23. The van der Waals surface area contributed by atoms with Crippen molar-refractivity contribution in [1.82, 2.24) is 9.29 Å². The minimum Gasteiger partial charge on any atom is -0.490 e. The zero-order chi connectivity index (χ0) is 20.0. The molecule has 0 fully saturated rings. The standard InChI is InChI=1S/C17H16ClN3O5S/c1-3-25-15-8-12(9-19)7-14(18)17(15)26-16(22)11-21(2)27(23,24)13-5-4-6-20-10-13/h4-8,10H,3,11H2,1-2H3. The number of likely N-dealkylation sites (N-methyl/N-ethyl adjacent to an activating group) is 1. The summed E-state index contributed by atoms with van der Waals surface area (Å²) in [4.78, 5) is 15.9. The molecular formula is C17H16ClN3O5S. The summed E-state index contributed by atoms with van der Waals surface area (Å²) in [6.07, 6.45) is 2.62. The normalized spacial score (nSPS) is 11.1. The van der Waals surface area contributed by atoms with Crippen LogP contribution in [0.3, 0.4) is 0 Å². The van der Waals surface area contributed by atoms with Crippen molar-refractivity contribution >= 4 is 27.6 Å². The van der Waals surface area contributed by atoms with E-state index in [0.717, 1.165) is 4.31 Å². The fraction of sp³-hybridized carbons (Fsp3) is 0.235. The number of hydrogen-bond donors (Lipinski definition) is 0.